The van der Waals surface area contributed by atoms with E-state index in [1.165, 1.54) is 24.2 Å². The van der Waals surface area contributed by atoms with Crippen molar-refractivity contribution in [1.82, 2.24) is 4.98 Å². The molecule has 0 atom stereocenters. The normalized spacial score (nSPS) is 13.7. The number of thiazole rings is 1. The first-order valence-electron chi connectivity index (χ1n) is 10.5. The third-order valence-electron chi connectivity index (χ3n) is 5.23. The number of carbonyl (C=O) groups is 2. The Balaban J connectivity index is 1.25. The summed E-state index contributed by atoms with van der Waals surface area (Å²) in [5, 5.41) is 7.97. The molecule has 0 aliphatic heterocycles. The highest BCUT2D eigenvalue weighted by Gasteiger charge is 2.16. The van der Waals surface area contributed by atoms with Crippen LogP contribution < -0.4 is 15.4 Å². The van der Waals surface area contributed by atoms with Gasteiger partial charge in [-0.15, -0.1) is 11.3 Å². The van der Waals surface area contributed by atoms with E-state index in [0.29, 0.717) is 35.3 Å². The van der Waals surface area contributed by atoms with Gasteiger partial charge in [0.2, 0.25) is 5.91 Å². The van der Waals surface area contributed by atoms with Gasteiger partial charge in [0.1, 0.15) is 5.75 Å². The Labute approximate surface area is 185 Å². The summed E-state index contributed by atoms with van der Waals surface area (Å²) in [6.07, 6.45) is 7.70. The fourth-order valence-corrected chi connectivity index (χ4v) is 4.14. The molecule has 0 unspecified atom stereocenters. The Morgan fingerprint density at radius 3 is 2.61 bits per heavy atom. The molecule has 1 fully saturated rings. The third-order valence-corrected chi connectivity index (χ3v) is 5.92. The maximum atomic E-state index is 12.4. The van der Waals surface area contributed by atoms with Gasteiger partial charge in [-0.1, -0.05) is 12.1 Å². The van der Waals surface area contributed by atoms with E-state index in [2.05, 4.69) is 15.6 Å². The number of rotatable bonds is 8. The second-order valence-corrected chi connectivity index (χ2v) is 8.48. The molecule has 160 valence electrons. The minimum absolute atomic E-state index is 0.0675. The Hall–Kier alpha value is -3.19. The lowest BCUT2D eigenvalue weighted by atomic mass is 10.1. The summed E-state index contributed by atoms with van der Waals surface area (Å²) in [6, 6.07) is 14.8. The SMILES string of the molecule is O=C(CCc1cccc(OC2CCCC2)c1)Nc1ccc(C(=O)Nc2nccs2)cc1. The number of hydrogen-bond acceptors (Lipinski definition) is 5. The predicted molar refractivity (Wildman–Crippen MR) is 123 cm³/mol. The summed E-state index contributed by atoms with van der Waals surface area (Å²) in [5.41, 5.74) is 2.25. The maximum Gasteiger partial charge on any atom is 0.257 e. The zero-order valence-corrected chi connectivity index (χ0v) is 18.0. The van der Waals surface area contributed by atoms with Crippen molar-refractivity contribution >= 4 is 34.0 Å². The lowest BCUT2D eigenvalue weighted by Crippen LogP contribution is -2.14. The molecular formula is C24H25N3O3S. The summed E-state index contributed by atoms with van der Waals surface area (Å²) < 4.78 is 6.05. The fourth-order valence-electron chi connectivity index (χ4n) is 3.61. The fraction of sp³-hybridized carbons (Fsp3) is 0.292. The van der Waals surface area contributed by atoms with Crippen LogP contribution in [0.1, 0.15) is 48.0 Å². The Morgan fingerprint density at radius 2 is 1.87 bits per heavy atom. The molecule has 2 N–H and O–H groups in total. The van der Waals surface area contributed by atoms with Crippen LogP contribution in [0.5, 0.6) is 5.75 Å². The van der Waals surface area contributed by atoms with Gasteiger partial charge in [-0.3, -0.25) is 14.9 Å². The van der Waals surface area contributed by atoms with Crippen molar-refractivity contribution in [2.75, 3.05) is 10.6 Å². The number of nitrogens with zero attached hydrogens (tertiary/aromatic N) is 1. The largest absolute Gasteiger partial charge is 0.490 e. The number of ether oxygens (including phenoxy) is 1. The predicted octanol–water partition coefficient (Wildman–Crippen LogP) is 5.29. The highest BCUT2D eigenvalue weighted by atomic mass is 32.1. The Kier molecular flexibility index (Phi) is 6.94. The second-order valence-electron chi connectivity index (χ2n) is 7.59. The Bertz CT molecular complexity index is 1010. The lowest BCUT2D eigenvalue weighted by Gasteiger charge is -2.14. The summed E-state index contributed by atoms with van der Waals surface area (Å²) in [5.74, 6) is 0.589. The van der Waals surface area contributed by atoms with Crippen molar-refractivity contribution in [3.05, 3.63) is 71.2 Å². The average molecular weight is 436 g/mol. The van der Waals surface area contributed by atoms with Crippen LogP contribution in [0.2, 0.25) is 0 Å². The molecule has 4 rings (SSSR count). The molecular weight excluding hydrogens is 410 g/mol. The number of aromatic nitrogens is 1. The van der Waals surface area contributed by atoms with Gasteiger partial charge < -0.3 is 10.1 Å². The van der Waals surface area contributed by atoms with Crippen LogP contribution in [-0.4, -0.2) is 22.9 Å². The number of anilines is 2. The second kappa shape index (κ2) is 10.2. The first kappa shape index (κ1) is 21.1. The average Bonchev–Trinajstić information content (AvgIpc) is 3.47. The molecule has 2 aromatic carbocycles. The highest BCUT2D eigenvalue weighted by molar-refractivity contribution is 7.13. The molecule has 3 aromatic rings. The third kappa shape index (κ3) is 6.15. The first-order valence-corrected chi connectivity index (χ1v) is 11.4. The van der Waals surface area contributed by atoms with E-state index in [1.54, 1.807) is 35.8 Å². The summed E-state index contributed by atoms with van der Waals surface area (Å²) in [4.78, 5) is 28.6. The van der Waals surface area contributed by atoms with E-state index >= 15 is 0 Å². The van der Waals surface area contributed by atoms with Gasteiger partial charge in [-0.25, -0.2) is 4.98 Å². The molecule has 1 aromatic heterocycles. The number of aryl methyl sites for hydroxylation is 1. The molecule has 31 heavy (non-hydrogen) atoms. The Morgan fingerprint density at radius 1 is 1.06 bits per heavy atom. The monoisotopic (exact) mass is 435 g/mol. The molecule has 6 nitrogen and oxygen atoms in total. The number of amides is 2. The maximum absolute atomic E-state index is 12.4. The van der Waals surface area contributed by atoms with E-state index in [0.717, 1.165) is 24.2 Å². The van der Waals surface area contributed by atoms with Gasteiger partial charge in [-0.2, -0.15) is 0 Å². The van der Waals surface area contributed by atoms with Crippen molar-refractivity contribution in [2.45, 2.75) is 44.6 Å². The smallest absolute Gasteiger partial charge is 0.257 e. The molecule has 2 amide bonds. The highest BCUT2D eigenvalue weighted by Crippen LogP contribution is 2.25. The zero-order chi connectivity index (χ0) is 21.5. The minimum atomic E-state index is -0.229. The van der Waals surface area contributed by atoms with E-state index in [9.17, 15) is 9.59 Å². The van der Waals surface area contributed by atoms with E-state index in [-0.39, 0.29) is 11.8 Å². The lowest BCUT2D eigenvalue weighted by molar-refractivity contribution is -0.116. The number of hydrogen-bond donors (Lipinski definition) is 2. The molecule has 1 aliphatic carbocycles. The number of nitrogens with one attached hydrogen (secondary N) is 2. The van der Waals surface area contributed by atoms with E-state index in [1.807, 2.05) is 24.3 Å². The quantitative estimate of drug-likeness (QED) is 0.504. The molecule has 1 heterocycles. The number of benzene rings is 2. The van der Waals surface area contributed by atoms with Crippen LogP contribution in [0.3, 0.4) is 0 Å². The summed E-state index contributed by atoms with van der Waals surface area (Å²) in [7, 11) is 0. The molecule has 0 radical (unpaired) electrons. The van der Waals surface area contributed by atoms with Crippen molar-refractivity contribution < 1.29 is 14.3 Å². The van der Waals surface area contributed by atoms with Crippen LogP contribution in [0.25, 0.3) is 0 Å². The molecule has 0 spiro atoms. The van der Waals surface area contributed by atoms with Crippen LogP contribution in [0.4, 0.5) is 10.8 Å². The summed E-state index contributed by atoms with van der Waals surface area (Å²) >= 11 is 1.36. The van der Waals surface area contributed by atoms with Crippen molar-refractivity contribution in [3.63, 3.8) is 0 Å². The van der Waals surface area contributed by atoms with Gasteiger partial charge in [0.05, 0.1) is 6.10 Å². The standard InChI is InChI=1S/C24H25N3O3S/c28-22(13-8-17-4-3-7-21(16-17)30-20-5-1-2-6-20)26-19-11-9-18(10-12-19)23(29)27-24-25-14-15-31-24/h3-4,7,9-12,14-16,20H,1-2,5-6,8,13H2,(H,26,28)(H,25,27,29). The van der Waals surface area contributed by atoms with Crippen molar-refractivity contribution in [2.24, 2.45) is 0 Å². The first-order chi connectivity index (χ1) is 15.2. The molecule has 1 saturated carbocycles. The zero-order valence-electron chi connectivity index (χ0n) is 17.2. The molecule has 0 saturated heterocycles. The van der Waals surface area contributed by atoms with Crippen molar-refractivity contribution in [3.8, 4) is 5.75 Å². The molecule has 0 bridgehead atoms. The minimum Gasteiger partial charge on any atom is -0.490 e. The van der Waals surface area contributed by atoms with Gasteiger partial charge in [0.15, 0.2) is 5.13 Å². The van der Waals surface area contributed by atoms with Gasteiger partial charge in [0.25, 0.3) is 5.91 Å². The molecule has 7 heteroatoms. The van der Waals surface area contributed by atoms with Crippen LogP contribution in [0.15, 0.2) is 60.1 Å². The number of carbonyl (C=O) groups excluding carboxylic acids is 2. The van der Waals surface area contributed by atoms with Gasteiger partial charge >= 0.3 is 0 Å². The van der Waals surface area contributed by atoms with Crippen LogP contribution in [0, 0.1) is 0 Å². The molecule has 1 aliphatic rings. The summed E-state index contributed by atoms with van der Waals surface area (Å²) in [6.45, 7) is 0. The van der Waals surface area contributed by atoms with Gasteiger partial charge in [0, 0.05) is 29.2 Å². The van der Waals surface area contributed by atoms with Crippen LogP contribution >= 0.6 is 11.3 Å². The van der Waals surface area contributed by atoms with Crippen LogP contribution in [-0.2, 0) is 11.2 Å². The van der Waals surface area contributed by atoms with Crippen molar-refractivity contribution in [1.29, 1.82) is 0 Å². The van der Waals surface area contributed by atoms with Gasteiger partial charge in [-0.05, 0) is 74.1 Å². The van der Waals surface area contributed by atoms with E-state index < -0.39 is 0 Å². The topological polar surface area (TPSA) is 80.3 Å². The van der Waals surface area contributed by atoms with E-state index in [4.69, 9.17) is 4.74 Å².